The van der Waals surface area contributed by atoms with Gasteiger partial charge in [0.2, 0.25) is 0 Å². The van der Waals surface area contributed by atoms with Gasteiger partial charge in [0.1, 0.15) is 5.75 Å². The Morgan fingerprint density at radius 1 is 1.41 bits per heavy atom. The van der Waals surface area contributed by atoms with Crippen LogP contribution in [0.1, 0.15) is 16.8 Å². The van der Waals surface area contributed by atoms with Crippen LogP contribution >= 0.6 is 11.6 Å². The predicted molar refractivity (Wildman–Crippen MR) is 67.0 cm³/mol. The Morgan fingerprint density at radius 2 is 2.24 bits per heavy atom. The van der Waals surface area contributed by atoms with Crippen LogP contribution < -0.4 is 5.32 Å². The molecule has 0 bridgehead atoms. The van der Waals surface area contributed by atoms with Crippen LogP contribution in [0.3, 0.4) is 0 Å². The van der Waals surface area contributed by atoms with Crippen molar-refractivity contribution in [2.24, 2.45) is 0 Å². The Balaban J connectivity index is 1.90. The molecule has 4 nitrogen and oxygen atoms in total. The molecule has 0 aliphatic heterocycles. The summed E-state index contributed by atoms with van der Waals surface area (Å²) in [6.07, 6.45) is 1.81. The van der Waals surface area contributed by atoms with Gasteiger partial charge in [-0.25, -0.2) is 0 Å². The normalized spacial score (nSPS) is 10.7. The van der Waals surface area contributed by atoms with Crippen LogP contribution in [0.4, 0.5) is 0 Å². The van der Waals surface area contributed by atoms with Crippen molar-refractivity contribution in [2.45, 2.75) is 20.0 Å². The number of aromatic amines is 1. The van der Waals surface area contributed by atoms with Gasteiger partial charge in [-0.15, -0.1) is 0 Å². The average molecular weight is 252 g/mol. The molecule has 0 unspecified atom stereocenters. The molecule has 2 rings (SSSR count). The Labute approximate surface area is 105 Å². The SMILES string of the molecule is Cc1[nH]ncc1CNCc1ccc(O)c(Cl)c1. The second kappa shape index (κ2) is 5.21. The lowest BCUT2D eigenvalue weighted by Gasteiger charge is -2.05. The molecule has 0 fully saturated rings. The fraction of sp³-hybridized carbons (Fsp3) is 0.250. The molecule has 0 saturated heterocycles. The number of H-pyrrole nitrogens is 1. The summed E-state index contributed by atoms with van der Waals surface area (Å²) < 4.78 is 0. The second-order valence-electron chi connectivity index (χ2n) is 3.91. The predicted octanol–water partition coefficient (Wildman–Crippen LogP) is 2.37. The van der Waals surface area contributed by atoms with E-state index in [-0.39, 0.29) is 5.75 Å². The van der Waals surface area contributed by atoms with E-state index in [0.717, 1.165) is 23.4 Å². The van der Waals surface area contributed by atoms with Crippen LogP contribution in [-0.2, 0) is 13.1 Å². The maximum absolute atomic E-state index is 9.29. The largest absolute Gasteiger partial charge is 0.506 e. The van der Waals surface area contributed by atoms with Crippen LogP contribution in [0.15, 0.2) is 24.4 Å². The number of phenolic OH excluding ortho intramolecular Hbond substituents is 1. The number of aromatic nitrogens is 2. The van der Waals surface area contributed by atoms with E-state index >= 15 is 0 Å². The molecule has 0 atom stereocenters. The monoisotopic (exact) mass is 251 g/mol. The number of benzene rings is 1. The summed E-state index contributed by atoms with van der Waals surface area (Å²) in [5, 5.41) is 19.8. The third kappa shape index (κ3) is 2.99. The quantitative estimate of drug-likeness (QED) is 0.782. The van der Waals surface area contributed by atoms with Crippen LogP contribution in [0.25, 0.3) is 0 Å². The summed E-state index contributed by atoms with van der Waals surface area (Å²) in [6.45, 7) is 3.44. The van der Waals surface area contributed by atoms with Crippen molar-refractivity contribution >= 4 is 11.6 Å². The highest BCUT2D eigenvalue weighted by atomic mass is 35.5. The zero-order valence-electron chi connectivity index (χ0n) is 9.50. The minimum Gasteiger partial charge on any atom is -0.506 e. The van der Waals surface area contributed by atoms with Gasteiger partial charge in [-0.1, -0.05) is 17.7 Å². The zero-order valence-corrected chi connectivity index (χ0v) is 10.3. The lowest BCUT2D eigenvalue weighted by Crippen LogP contribution is -2.12. The van der Waals surface area contributed by atoms with Gasteiger partial charge in [0.15, 0.2) is 0 Å². The Hall–Kier alpha value is -1.52. The standard InChI is InChI=1S/C12H14ClN3O/c1-8-10(7-15-16-8)6-14-5-9-2-3-12(17)11(13)4-9/h2-4,7,14,17H,5-6H2,1H3,(H,15,16). The van der Waals surface area contributed by atoms with Gasteiger partial charge in [-0.05, 0) is 24.6 Å². The van der Waals surface area contributed by atoms with E-state index in [1.807, 2.05) is 19.2 Å². The van der Waals surface area contributed by atoms with Crippen molar-refractivity contribution in [1.82, 2.24) is 15.5 Å². The highest BCUT2D eigenvalue weighted by Crippen LogP contribution is 2.23. The van der Waals surface area contributed by atoms with E-state index in [1.54, 1.807) is 12.1 Å². The first kappa shape index (κ1) is 12.0. The molecule has 0 spiro atoms. The van der Waals surface area contributed by atoms with Gasteiger partial charge in [0.05, 0.1) is 11.2 Å². The maximum Gasteiger partial charge on any atom is 0.134 e. The van der Waals surface area contributed by atoms with Crippen molar-refractivity contribution in [3.05, 3.63) is 46.2 Å². The van der Waals surface area contributed by atoms with E-state index in [4.69, 9.17) is 11.6 Å². The van der Waals surface area contributed by atoms with Gasteiger partial charge < -0.3 is 10.4 Å². The van der Waals surface area contributed by atoms with Crippen molar-refractivity contribution < 1.29 is 5.11 Å². The number of aromatic hydroxyl groups is 1. The number of nitrogens with one attached hydrogen (secondary N) is 2. The van der Waals surface area contributed by atoms with Crippen molar-refractivity contribution in [1.29, 1.82) is 0 Å². The van der Waals surface area contributed by atoms with Crippen molar-refractivity contribution in [3.8, 4) is 5.75 Å². The molecule has 0 amide bonds. The zero-order chi connectivity index (χ0) is 12.3. The summed E-state index contributed by atoms with van der Waals surface area (Å²) in [5.41, 5.74) is 3.25. The molecule has 0 aliphatic rings. The van der Waals surface area contributed by atoms with E-state index in [1.165, 1.54) is 0 Å². The minimum absolute atomic E-state index is 0.112. The fourth-order valence-electron chi connectivity index (χ4n) is 1.56. The maximum atomic E-state index is 9.29. The third-order valence-corrected chi connectivity index (χ3v) is 2.89. The summed E-state index contributed by atoms with van der Waals surface area (Å²) in [6, 6.07) is 5.20. The van der Waals surface area contributed by atoms with Crippen molar-refractivity contribution in [3.63, 3.8) is 0 Å². The molecule has 1 heterocycles. The number of nitrogens with zero attached hydrogens (tertiary/aromatic N) is 1. The molecule has 2 aromatic rings. The van der Waals surface area contributed by atoms with Crippen LogP contribution in [0.5, 0.6) is 5.75 Å². The van der Waals surface area contributed by atoms with Crippen LogP contribution in [0, 0.1) is 6.92 Å². The van der Waals surface area contributed by atoms with Gasteiger partial charge in [-0.2, -0.15) is 5.10 Å². The highest BCUT2D eigenvalue weighted by molar-refractivity contribution is 6.32. The molecular weight excluding hydrogens is 238 g/mol. The lowest BCUT2D eigenvalue weighted by atomic mass is 10.2. The Bertz CT molecular complexity index is 510. The van der Waals surface area contributed by atoms with Gasteiger partial charge >= 0.3 is 0 Å². The molecule has 17 heavy (non-hydrogen) atoms. The number of phenols is 1. The molecule has 1 aromatic carbocycles. The van der Waals surface area contributed by atoms with Gasteiger partial charge in [0.25, 0.3) is 0 Å². The summed E-state index contributed by atoms with van der Waals surface area (Å²) >= 11 is 5.82. The van der Waals surface area contributed by atoms with E-state index in [2.05, 4.69) is 15.5 Å². The van der Waals surface area contributed by atoms with E-state index in [9.17, 15) is 5.11 Å². The van der Waals surface area contributed by atoms with Crippen LogP contribution in [0.2, 0.25) is 5.02 Å². The molecule has 0 aliphatic carbocycles. The van der Waals surface area contributed by atoms with Crippen molar-refractivity contribution in [2.75, 3.05) is 0 Å². The average Bonchev–Trinajstić information content (AvgIpc) is 2.70. The molecule has 0 radical (unpaired) electrons. The smallest absolute Gasteiger partial charge is 0.134 e. The molecule has 3 N–H and O–H groups in total. The first-order valence-corrected chi connectivity index (χ1v) is 5.71. The van der Waals surface area contributed by atoms with Gasteiger partial charge in [-0.3, -0.25) is 5.10 Å². The number of halogens is 1. The molecular formula is C12H14ClN3O. The number of hydrogen-bond acceptors (Lipinski definition) is 3. The van der Waals surface area contributed by atoms with Crippen LogP contribution in [-0.4, -0.2) is 15.3 Å². The summed E-state index contributed by atoms with van der Waals surface area (Å²) in [7, 11) is 0. The second-order valence-corrected chi connectivity index (χ2v) is 4.32. The molecule has 5 heteroatoms. The summed E-state index contributed by atoms with van der Waals surface area (Å²) in [4.78, 5) is 0. The lowest BCUT2D eigenvalue weighted by molar-refractivity contribution is 0.475. The number of aryl methyl sites for hydroxylation is 1. The topological polar surface area (TPSA) is 60.9 Å². The number of rotatable bonds is 4. The number of hydrogen-bond donors (Lipinski definition) is 3. The molecule has 90 valence electrons. The summed E-state index contributed by atoms with van der Waals surface area (Å²) in [5.74, 6) is 0.112. The highest BCUT2D eigenvalue weighted by Gasteiger charge is 2.02. The van der Waals surface area contributed by atoms with E-state index < -0.39 is 0 Å². The third-order valence-electron chi connectivity index (χ3n) is 2.59. The Kier molecular flexibility index (Phi) is 3.66. The first-order chi connectivity index (χ1) is 8.16. The fourth-order valence-corrected chi connectivity index (χ4v) is 1.76. The van der Waals surface area contributed by atoms with Gasteiger partial charge in [0, 0.05) is 24.3 Å². The molecule has 1 aromatic heterocycles. The minimum atomic E-state index is 0.112. The van der Waals surface area contributed by atoms with E-state index in [0.29, 0.717) is 11.6 Å². The molecule has 0 saturated carbocycles. The Morgan fingerprint density at radius 3 is 2.88 bits per heavy atom. The first-order valence-electron chi connectivity index (χ1n) is 5.34.